The van der Waals surface area contributed by atoms with E-state index in [9.17, 15) is 35.1 Å². The van der Waals surface area contributed by atoms with Gasteiger partial charge < -0.3 is 44.5 Å². The lowest BCUT2D eigenvalue weighted by Gasteiger charge is -2.39. The molecule has 6 atom stereocenters. The molecule has 1 spiro atoms. The first-order chi connectivity index (χ1) is 17.7. The summed E-state index contributed by atoms with van der Waals surface area (Å²) in [6, 6.07) is 15.8. The van der Waals surface area contributed by atoms with Gasteiger partial charge in [-0.1, -0.05) is 18.2 Å². The maximum absolute atomic E-state index is 12.9. The quantitative estimate of drug-likeness (QED) is 0.322. The number of aliphatic carboxylic acids is 1. The molecule has 6 unspecified atom stereocenters. The van der Waals surface area contributed by atoms with Crippen molar-refractivity contribution in [1.82, 2.24) is 0 Å². The smallest absolute Gasteiger partial charge is 0.340 e. The molecule has 1 saturated heterocycles. The molecule has 0 radical (unpaired) electrons. The third-order valence-electron chi connectivity index (χ3n) is 6.73. The number of rotatable bonds is 3. The highest BCUT2D eigenvalue weighted by Gasteiger charge is 2.54. The summed E-state index contributed by atoms with van der Waals surface area (Å²) in [4.78, 5) is 24.3. The first-order valence-electron chi connectivity index (χ1n) is 11.3. The van der Waals surface area contributed by atoms with Gasteiger partial charge in [-0.25, -0.2) is 9.59 Å². The highest BCUT2D eigenvalue weighted by atomic mass is 16.7. The van der Waals surface area contributed by atoms with Crippen molar-refractivity contribution in [3.8, 4) is 23.0 Å². The number of esters is 1. The molecular weight excluding hydrogens is 488 g/mol. The number of carbonyl (C=O) groups is 2. The summed E-state index contributed by atoms with van der Waals surface area (Å²) in [6.07, 6.45) is -8.91. The number of aliphatic hydroxyl groups is 3. The summed E-state index contributed by atoms with van der Waals surface area (Å²) in [5.74, 6) is -1.66. The molecule has 37 heavy (non-hydrogen) atoms. The molecule has 0 bridgehead atoms. The van der Waals surface area contributed by atoms with Crippen molar-refractivity contribution in [3.63, 3.8) is 0 Å². The van der Waals surface area contributed by atoms with Crippen LogP contribution in [0.2, 0.25) is 0 Å². The molecule has 6 rings (SSSR count). The minimum atomic E-state index is -1.86. The van der Waals surface area contributed by atoms with Gasteiger partial charge in [0.15, 0.2) is 11.7 Å². The molecule has 11 nitrogen and oxygen atoms in total. The van der Waals surface area contributed by atoms with Gasteiger partial charge in [-0.2, -0.15) is 0 Å². The third-order valence-corrected chi connectivity index (χ3v) is 6.73. The molecule has 3 aliphatic heterocycles. The van der Waals surface area contributed by atoms with E-state index < -0.39 is 48.2 Å². The Kier molecular flexibility index (Phi) is 5.14. The Bertz CT molecular complexity index is 1440. The van der Waals surface area contributed by atoms with Crippen LogP contribution in [0.1, 0.15) is 27.0 Å². The molecule has 3 aromatic rings. The minimum absolute atomic E-state index is 0.0619. The molecule has 0 amide bonds. The van der Waals surface area contributed by atoms with Gasteiger partial charge in [0.2, 0.25) is 6.29 Å². The van der Waals surface area contributed by atoms with Crippen LogP contribution < -0.4 is 9.47 Å². The Morgan fingerprint density at radius 1 is 0.865 bits per heavy atom. The van der Waals surface area contributed by atoms with Crippen molar-refractivity contribution >= 4 is 11.9 Å². The average molecular weight is 508 g/mol. The van der Waals surface area contributed by atoms with Gasteiger partial charge in [-0.15, -0.1) is 0 Å². The summed E-state index contributed by atoms with van der Waals surface area (Å²) >= 11 is 0. The Labute approximate surface area is 208 Å². The van der Waals surface area contributed by atoms with Crippen molar-refractivity contribution < 1.29 is 54.1 Å². The third kappa shape index (κ3) is 3.36. The summed E-state index contributed by atoms with van der Waals surface area (Å²) in [7, 11) is 0. The Morgan fingerprint density at radius 3 is 2.32 bits per heavy atom. The number of phenolic OH excluding ortho intramolecular Hbond substituents is 1. The molecule has 0 saturated carbocycles. The molecule has 11 heteroatoms. The first kappa shape index (κ1) is 23.3. The number of aromatic hydroxyl groups is 1. The maximum Gasteiger partial charge on any atom is 0.340 e. The van der Waals surface area contributed by atoms with E-state index in [-0.39, 0.29) is 23.0 Å². The number of hydrogen-bond acceptors (Lipinski definition) is 10. The fraction of sp³-hybridized carbons (Fsp3) is 0.231. The lowest BCUT2D eigenvalue weighted by molar-refractivity contribution is -0.271. The molecule has 1 fully saturated rings. The fourth-order valence-corrected chi connectivity index (χ4v) is 5.00. The number of carboxylic acid groups (broad SMARTS) is 1. The molecule has 3 aromatic carbocycles. The number of carboxylic acids is 1. The number of phenols is 1. The van der Waals surface area contributed by atoms with Gasteiger partial charge >= 0.3 is 11.9 Å². The lowest BCUT2D eigenvalue weighted by atomic mass is 9.77. The van der Waals surface area contributed by atoms with E-state index in [1.807, 2.05) is 0 Å². The Morgan fingerprint density at radius 2 is 1.57 bits per heavy atom. The van der Waals surface area contributed by atoms with Crippen LogP contribution in [-0.4, -0.2) is 68.2 Å². The Balaban J connectivity index is 1.43. The number of aliphatic hydroxyl groups excluding tert-OH is 3. The van der Waals surface area contributed by atoms with Gasteiger partial charge in [0.25, 0.3) is 0 Å². The van der Waals surface area contributed by atoms with E-state index in [2.05, 4.69) is 0 Å². The first-order valence-corrected chi connectivity index (χ1v) is 11.3. The zero-order valence-corrected chi connectivity index (χ0v) is 18.8. The van der Waals surface area contributed by atoms with Gasteiger partial charge in [0, 0.05) is 28.8 Å². The molecule has 0 aromatic heterocycles. The fourth-order valence-electron chi connectivity index (χ4n) is 5.00. The predicted molar refractivity (Wildman–Crippen MR) is 121 cm³/mol. The van der Waals surface area contributed by atoms with E-state index in [4.69, 9.17) is 18.9 Å². The number of benzene rings is 3. The second kappa shape index (κ2) is 8.18. The largest absolute Gasteiger partial charge is 0.508 e. The van der Waals surface area contributed by atoms with Crippen LogP contribution in [0.25, 0.3) is 0 Å². The van der Waals surface area contributed by atoms with Crippen molar-refractivity contribution in [2.24, 2.45) is 0 Å². The topological polar surface area (TPSA) is 172 Å². The number of carbonyl (C=O) groups excluding carboxylic acids is 1. The van der Waals surface area contributed by atoms with E-state index >= 15 is 0 Å². The van der Waals surface area contributed by atoms with E-state index in [0.29, 0.717) is 22.3 Å². The summed E-state index contributed by atoms with van der Waals surface area (Å²) in [5.41, 5.74) is 0.536. The van der Waals surface area contributed by atoms with Gasteiger partial charge in [-0.05, 0) is 30.3 Å². The average Bonchev–Trinajstić information content (AvgIpc) is 3.16. The molecule has 0 aliphatic carbocycles. The standard InChI is InChI=1S/C26H20O11/c27-11-5-7-15-17(9-11)35-18-10-12(34-25-21(30)19(28)20(29)22(36-25)23(31)32)6-8-16(18)26(15)14-4-2-1-3-13(14)24(33)37-26/h1-10,19-22,25,27-30H,(H,31,32). The zero-order valence-electron chi connectivity index (χ0n) is 18.8. The molecule has 5 N–H and O–H groups in total. The van der Waals surface area contributed by atoms with Crippen LogP contribution in [0.3, 0.4) is 0 Å². The predicted octanol–water partition coefficient (Wildman–Crippen LogP) is 1.23. The van der Waals surface area contributed by atoms with E-state index in [1.165, 1.54) is 24.3 Å². The van der Waals surface area contributed by atoms with Crippen molar-refractivity contribution in [3.05, 3.63) is 82.9 Å². The molecule has 3 heterocycles. The number of fused-ring (bicyclic) bond motifs is 6. The van der Waals surface area contributed by atoms with Crippen LogP contribution in [0, 0.1) is 0 Å². The monoisotopic (exact) mass is 508 g/mol. The lowest BCUT2D eigenvalue weighted by Crippen LogP contribution is -2.61. The van der Waals surface area contributed by atoms with Crippen LogP contribution in [-0.2, 0) is 19.9 Å². The van der Waals surface area contributed by atoms with Gasteiger partial charge in [0.1, 0.15) is 41.3 Å². The molecule has 3 aliphatic rings. The van der Waals surface area contributed by atoms with Gasteiger partial charge in [0.05, 0.1) is 5.56 Å². The maximum atomic E-state index is 12.9. The van der Waals surface area contributed by atoms with Gasteiger partial charge in [-0.3, -0.25) is 0 Å². The molecule has 190 valence electrons. The van der Waals surface area contributed by atoms with Crippen LogP contribution >= 0.6 is 0 Å². The second-order valence-electron chi connectivity index (χ2n) is 8.91. The highest BCUT2D eigenvalue weighted by Crippen LogP contribution is 2.57. The molecular formula is C26H20O11. The van der Waals surface area contributed by atoms with Crippen LogP contribution in [0.4, 0.5) is 0 Å². The summed E-state index contributed by atoms with van der Waals surface area (Å²) in [6.45, 7) is 0. The normalized spacial score (nSPS) is 29.5. The highest BCUT2D eigenvalue weighted by molar-refractivity contribution is 5.97. The number of ether oxygens (including phenoxy) is 4. The van der Waals surface area contributed by atoms with E-state index in [0.717, 1.165) is 0 Å². The SMILES string of the molecule is O=C1OC2(c3ccc(O)cc3Oc3cc(OC4OC(C(=O)O)C(O)C(O)C4O)ccc32)c2ccccc21. The summed E-state index contributed by atoms with van der Waals surface area (Å²) in [5, 5.41) is 49.6. The van der Waals surface area contributed by atoms with E-state index in [1.54, 1.807) is 36.4 Å². The number of hydrogen-bond donors (Lipinski definition) is 5. The zero-order chi connectivity index (χ0) is 26.1. The second-order valence-corrected chi connectivity index (χ2v) is 8.91. The van der Waals surface area contributed by atoms with Crippen LogP contribution in [0.15, 0.2) is 60.7 Å². The summed E-state index contributed by atoms with van der Waals surface area (Å²) < 4.78 is 22.9. The van der Waals surface area contributed by atoms with Crippen molar-refractivity contribution in [2.45, 2.75) is 36.3 Å². The Hall–Kier alpha value is -4.16. The minimum Gasteiger partial charge on any atom is -0.508 e. The van der Waals surface area contributed by atoms with Crippen LogP contribution in [0.5, 0.6) is 23.0 Å². The van der Waals surface area contributed by atoms with Crippen molar-refractivity contribution in [2.75, 3.05) is 0 Å². The van der Waals surface area contributed by atoms with Crippen molar-refractivity contribution in [1.29, 1.82) is 0 Å².